The van der Waals surface area contributed by atoms with E-state index in [1.165, 1.54) is 43.2 Å². The quantitative estimate of drug-likeness (QED) is 0.815. The van der Waals surface area contributed by atoms with Crippen LogP contribution >= 0.6 is 0 Å². The number of benzene rings is 1. The summed E-state index contributed by atoms with van der Waals surface area (Å²) in [6, 6.07) is 8.54. The van der Waals surface area contributed by atoms with Gasteiger partial charge in [-0.1, -0.05) is 30.2 Å². The maximum Gasteiger partial charge on any atom is 0.118 e. The molecule has 0 saturated heterocycles. The van der Waals surface area contributed by atoms with E-state index in [4.69, 9.17) is 10.5 Å². The van der Waals surface area contributed by atoms with Gasteiger partial charge >= 0.3 is 0 Å². The van der Waals surface area contributed by atoms with Crippen LogP contribution in [-0.2, 0) is 6.42 Å². The number of rotatable bonds is 5. The standard InChI is InChI=1S/C17H25NO/c1-19-16-11-8-14(9-12-16)10-13-17(18)15-6-4-2-3-5-7-15/h6,8-9,11-12,17H,2-5,7,10,13,18H2,1H3. The molecule has 1 unspecified atom stereocenters. The van der Waals surface area contributed by atoms with Crippen LogP contribution < -0.4 is 10.5 Å². The number of nitrogens with two attached hydrogens (primary N) is 1. The summed E-state index contributed by atoms with van der Waals surface area (Å²) in [5.41, 5.74) is 9.14. The van der Waals surface area contributed by atoms with E-state index >= 15 is 0 Å². The minimum absolute atomic E-state index is 0.236. The molecule has 2 N–H and O–H groups in total. The van der Waals surface area contributed by atoms with Crippen LogP contribution in [0.5, 0.6) is 5.75 Å². The molecule has 2 nitrogen and oxygen atoms in total. The lowest BCUT2D eigenvalue weighted by Gasteiger charge is -2.15. The van der Waals surface area contributed by atoms with Crippen molar-refractivity contribution in [3.8, 4) is 5.75 Å². The summed E-state index contributed by atoms with van der Waals surface area (Å²) >= 11 is 0. The van der Waals surface area contributed by atoms with E-state index in [1.54, 1.807) is 7.11 Å². The monoisotopic (exact) mass is 259 g/mol. The first-order valence-corrected chi connectivity index (χ1v) is 7.37. The van der Waals surface area contributed by atoms with Crippen molar-refractivity contribution in [2.24, 2.45) is 5.73 Å². The van der Waals surface area contributed by atoms with Crippen LogP contribution in [0.15, 0.2) is 35.9 Å². The van der Waals surface area contributed by atoms with E-state index < -0.39 is 0 Å². The molecule has 0 amide bonds. The molecule has 1 aromatic rings. The van der Waals surface area contributed by atoms with E-state index in [0.717, 1.165) is 18.6 Å². The molecule has 0 heterocycles. The number of hydrogen-bond acceptors (Lipinski definition) is 2. The van der Waals surface area contributed by atoms with Crippen LogP contribution in [0.25, 0.3) is 0 Å². The van der Waals surface area contributed by atoms with E-state index in [2.05, 4.69) is 18.2 Å². The zero-order valence-electron chi connectivity index (χ0n) is 11.9. The minimum atomic E-state index is 0.236. The molecule has 1 aliphatic rings. The second kappa shape index (κ2) is 7.34. The average molecular weight is 259 g/mol. The highest BCUT2D eigenvalue weighted by Crippen LogP contribution is 2.21. The van der Waals surface area contributed by atoms with Crippen LogP contribution in [0, 0.1) is 0 Å². The summed E-state index contributed by atoms with van der Waals surface area (Å²) in [5, 5.41) is 0. The molecule has 19 heavy (non-hydrogen) atoms. The maximum absolute atomic E-state index is 6.33. The first-order valence-electron chi connectivity index (χ1n) is 7.37. The second-order valence-electron chi connectivity index (χ2n) is 5.37. The van der Waals surface area contributed by atoms with Crippen LogP contribution in [0.1, 0.15) is 44.1 Å². The van der Waals surface area contributed by atoms with Gasteiger partial charge in [-0.2, -0.15) is 0 Å². The summed E-state index contributed by atoms with van der Waals surface area (Å²) in [7, 11) is 1.70. The van der Waals surface area contributed by atoms with Crippen molar-refractivity contribution in [1.29, 1.82) is 0 Å². The van der Waals surface area contributed by atoms with E-state index in [0.29, 0.717) is 0 Å². The molecule has 0 spiro atoms. The Labute approximate surface area is 116 Å². The lowest BCUT2D eigenvalue weighted by molar-refractivity contribution is 0.414. The van der Waals surface area contributed by atoms with Crippen molar-refractivity contribution < 1.29 is 4.74 Å². The van der Waals surface area contributed by atoms with Crippen molar-refractivity contribution in [3.05, 3.63) is 41.5 Å². The Kier molecular flexibility index (Phi) is 5.46. The predicted molar refractivity (Wildman–Crippen MR) is 80.5 cm³/mol. The number of aryl methyl sites for hydroxylation is 1. The maximum atomic E-state index is 6.33. The van der Waals surface area contributed by atoms with Gasteiger partial charge in [-0.05, 0) is 56.2 Å². The third kappa shape index (κ3) is 4.39. The van der Waals surface area contributed by atoms with Crippen LogP contribution in [0.4, 0.5) is 0 Å². The largest absolute Gasteiger partial charge is 0.497 e. The Balaban J connectivity index is 1.84. The lowest BCUT2D eigenvalue weighted by atomic mass is 9.96. The summed E-state index contributed by atoms with van der Waals surface area (Å²) in [6.07, 6.45) is 10.9. The molecule has 0 fully saturated rings. The second-order valence-corrected chi connectivity index (χ2v) is 5.37. The highest BCUT2D eigenvalue weighted by atomic mass is 16.5. The van der Waals surface area contributed by atoms with Gasteiger partial charge in [-0.15, -0.1) is 0 Å². The molecule has 1 aliphatic carbocycles. The highest BCUT2D eigenvalue weighted by molar-refractivity contribution is 5.27. The Bertz CT molecular complexity index is 408. The smallest absolute Gasteiger partial charge is 0.118 e. The topological polar surface area (TPSA) is 35.2 Å². The molecule has 0 aliphatic heterocycles. The van der Waals surface area contributed by atoms with E-state index in [-0.39, 0.29) is 6.04 Å². The average Bonchev–Trinajstić information content (AvgIpc) is 2.74. The number of hydrogen-bond donors (Lipinski definition) is 1. The molecule has 104 valence electrons. The van der Waals surface area contributed by atoms with Gasteiger partial charge in [0.1, 0.15) is 5.75 Å². The first-order chi connectivity index (χ1) is 9.29. The molecule has 0 bridgehead atoms. The molecule has 0 saturated carbocycles. The predicted octanol–water partition coefficient (Wildman–Crippen LogP) is 3.85. The van der Waals surface area contributed by atoms with Gasteiger partial charge in [0.25, 0.3) is 0 Å². The third-order valence-electron chi connectivity index (χ3n) is 3.96. The van der Waals surface area contributed by atoms with Gasteiger partial charge in [-0.25, -0.2) is 0 Å². The van der Waals surface area contributed by atoms with Gasteiger partial charge in [0.05, 0.1) is 7.11 Å². The molecule has 2 rings (SSSR count). The van der Waals surface area contributed by atoms with Gasteiger partial charge in [0.2, 0.25) is 0 Å². The number of allylic oxidation sites excluding steroid dienone is 1. The minimum Gasteiger partial charge on any atom is -0.497 e. The van der Waals surface area contributed by atoms with E-state index in [9.17, 15) is 0 Å². The molecule has 2 heteroatoms. The molecular formula is C17H25NO. The van der Waals surface area contributed by atoms with Gasteiger partial charge in [-0.3, -0.25) is 0 Å². The zero-order chi connectivity index (χ0) is 13.5. The summed E-state index contributed by atoms with van der Waals surface area (Å²) in [6.45, 7) is 0. The molecule has 1 aromatic carbocycles. The van der Waals surface area contributed by atoms with Crippen molar-refractivity contribution in [3.63, 3.8) is 0 Å². The molecule has 1 atom stereocenters. The fraction of sp³-hybridized carbons (Fsp3) is 0.529. The normalized spacial score (nSPS) is 17.5. The van der Waals surface area contributed by atoms with Crippen molar-refractivity contribution >= 4 is 0 Å². The van der Waals surface area contributed by atoms with Gasteiger partial charge in [0, 0.05) is 6.04 Å². The first kappa shape index (κ1) is 14.1. The van der Waals surface area contributed by atoms with Crippen LogP contribution in [-0.4, -0.2) is 13.2 Å². The van der Waals surface area contributed by atoms with Crippen molar-refractivity contribution in [2.45, 2.75) is 51.0 Å². The lowest BCUT2D eigenvalue weighted by Crippen LogP contribution is -2.23. The molecular weight excluding hydrogens is 234 g/mol. The highest BCUT2D eigenvalue weighted by Gasteiger charge is 2.11. The third-order valence-corrected chi connectivity index (χ3v) is 3.96. The zero-order valence-corrected chi connectivity index (χ0v) is 11.9. The molecule has 0 aromatic heterocycles. The van der Waals surface area contributed by atoms with Crippen LogP contribution in [0.2, 0.25) is 0 Å². The van der Waals surface area contributed by atoms with Gasteiger partial charge < -0.3 is 10.5 Å². The van der Waals surface area contributed by atoms with Crippen LogP contribution in [0.3, 0.4) is 0 Å². The Morgan fingerprint density at radius 3 is 2.68 bits per heavy atom. The fourth-order valence-electron chi connectivity index (χ4n) is 2.68. The van der Waals surface area contributed by atoms with Crippen molar-refractivity contribution in [1.82, 2.24) is 0 Å². The summed E-state index contributed by atoms with van der Waals surface area (Å²) < 4.78 is 5.17. The fourth-order valence-corrected chi connectivity index (χ4v) is 2.68. The summed E-state index contributed by atoms with van der Waals surface area (Å²) in [4.78, 5) is 0. The Morgan fingerprint density at radius 1 is 1.16 bits per heavy atom. The number of ether oxygens (including phenoxy) is 1. The summed E-state index contributed by atoms with van der Waals surface area (Å²) in [5.74, 6) is 0.916. The Morgan fingerprint density at radius 2 is 1.95 bits per heavy atom. The van der Waals surface area contributed by atoms with Crippen molar-refractivity contribution in [2.75, 3.05) is 7.11 Å². The number of methoxy groups -OCH3 is 1. The van der Waals surface area contributed by atoms with E-state index in [1.807, 2.05) is 12.1 Å². The Hall–Kier alpha value is -1.28. The SMILES string of the molecule is COc1ccc(CCC(N)C2=CCCCCC2)cc1. The van der Waals surface area contributed by atoms with Gasteiger partial charge in [0.15, 0.2) is 0 Å². The molecule has 0 radical (unpaired) electrons.